The van der Waals surface area contributed by atoms with E-state index < -0.39 is 17.2 Å². The number of carbonyl (C=O) groups excluding carboxylic acids is 1. The number of nitrogens with zero attached hydrogens (tertiary/aromatic N) is 1. The molecular formula is C21H25NO7. The molecule has 156 valence electrons. The number of ether oxygens (including phenoxy) is 3. The van der Waals surface area contributed by atoms with Gasteiger partial charge in [0.15, 0.2) is 11.5 Å². The third-order valence-electron chi connectivity index (χ3n) is 5.37. The average molecular weight is 403 g/mol. The number of aromatic nitrogens is 1. The number of hydrogen-bond acceptors (Lipinski definition) is 7. The third-order valence-corrected chi connectivity index (χ3v) is 5.37. The number of pyridine rings is 1. The molecule has 0 bridgehead atoms. The van der Waals surface area contributed by atoms with Crippen LogP contribution in [0, 0.1) is 5.92 Å². The van der Waals surface area contributed by atoms with Crippen LogP contribution in [0.1, 0.15) is 41.6 Å². The second-order valence-corrected chi connectivity index (χ2v) is 7.00. The molecule has 0 saturated heterocycles. The van der Waals surface area contributed by atoms with Crippen LogP contribution in [0.15, 0.2) is 23.0 Å². The number of carbonyl (C=O) groups is 1. The Morgan fingerprint density at radius 1 is 1.10 bits per heavy atom. The highest BCUT2D eigenvalue weighted by Gasteiger charge is 2.32. The summed E-state index contributed by atoms with van der Waals surface area (Å²) in [7, 11) is 4.24. The molecule has 0 spiro atoms. The fourth-order valence-corrected chi connectivity index (χ4v) is 3.78. The number of ketones is 1. The quantitative estimate of drug-likeness (QED) is 0.685. The molecule has 0 atom stereocenters. The van der Waals surface area contributed by atoms with Crippen molar-refractivity contribution in [2.75, 3.05) is 21.3 Å². The molecule has 1 heterocycles. The zero-order chi connectivity index (χ0) is 21.1. The van der Waals surface area contributed by atoms with Gasteiger partial charge in [-0.1, -0.05) is 12.8 Å². The Morgan fingerprint density at radius 2 is 1.79 bits per heavy atom. The molecule has 0 amide bonds. The number of aromatic hydroxyl groups is 2. The summed E-state index contributed by atoms with van der Waals surface area (Å²) in [6.07, 6.45) is 3.20. The molecule has 8 heteroatoms. The van der Waals surface area contributed by atoms with Crippen molar-refractivity contribution in [3.05, 3.63) is 39.7 Å². The van der Waals surface area contributed by atoms with Crippen LogP contribution in [0.5, 0.6) is 28.9 Å². The summed E-state index contributed by atoms with van der Waals surface area (Å²) in [4.78, 5) is 25.8. The summed E-state index contributed by atoms with van der Waals surface area (Å²) in [5.74, 6) is -1.23. The van der Waals surface area contributed by atoms with Crippen LogP contribution in [0.25, 0.3) is 0 Å². The maximum atomic E-state index is 12.9. The van der Waals surface area contributed by atoms with Gasteiger partial charge in [-0.2, -0.15) is 0 Å². The van der Waals surface area contributed by atoms with Crippen LogP contribution in [0.2, 0.25) is 0 Å². The van der Waals surface area contributed by atoms with Crippen molar-refractivity contribution in [3.63, 3.8) is 0 Å². The number of rotatable bonds is 7. The number of Topliss-reactive ketones (excluding diaryl/α,β-unsaturated/α-hetero) is 1. The van der Waals surface area contributed by atoms with E-state index in [4.69, 9.17) is 14.2 Å². The van der Waals surface area contributed by atoms with Gasteiger partial charge in [-0.15, -0.1) is 0 Å². The summed E-state index contributed by atoms with van der Waals surface area (Å²) in [5, 5.41) is 21.3. The second kappa shape index (κ2) is 8.46. The van der Waals surface area contributed by atoms with Gasteiger partial charge in [-0.3, -0.25) is 14.2 Å². The Balaban J connectivity index is 2.13. The Morgan fingerprint density at radius 3 is 2.38 bits per heavy atom. The lowest BCUT2D eigenvalue weighted by atomic mass is 9.96. The molecule has 1 fully saturated rings. The molecule has 1 aliphatic carbocycles. The summed E-state index contributed by atoms with van der Waals surface area (Å²) in [6, 6.07) is 5.04. The Bertz CT molecular complexity index is 974. The first-order valence-corrected chi connectivity index (χ1v) is 9.40. The van der Waals surface area contributed by atoms with E-state index in [-0.39, 0.29) is 29.6 Å². The normalized spacial score (nSPS) is 14.0. The van der Waals surface area contributed by atoms with Crippen molar-refractivity contribution in [3.8, 4) is 28.9 Å². The monoisotopic (exact) mass is 403 g/mol. The fourth-order valence-electron chi connectivity index (χ4n) is 3.78. The van der Waals surface area contributed by atoms with Gasteiger partial charge in [0.2, 0.25) is 11.6 Å². The summed E-state index contributed by atoms with van der Waals surface area (Å²) >= 11 is 0. The van der Waals surface area contributed by atoms with Crippen LogP contribution in [-0.2, 0) is 6.54 Å². The van der Waals surface area contributed by atoms with Crippen molar-refractivity contribution in [2.24, 2.45) is 5.92 Å². The van der Waals surface area contributed by atoms with Gasteiger partial charge < -0.3 is 24.4 Å². The number of hydrogen-bond donors (Lipinski definition) is 2. The van der Waals surface area contributed by atoms with Gasteiger partial charge in [0.1, 0.15) is 17.1 Å². The van der Waals surface area contributed by atoms with E-state index >= 15 is 0 Å². The highest BCUT2D eigenvalue weighted by molar-refractivity contribution is 6.03. The minimum Gasteiger partial charge on any atom is -0.503 e. The second-order valence-electron chi connectivity index (χ2n) is 7.00. The predicted molar refractivity (Wildman–Crippen MR) is 106 cm³/mol. The maximum absolute atomic E-state index is 12.9. The lowest BCUT2D eigenvalue weighted by molar-refractivity contribution is 0.0914. The Hall–Kier alpha value is -3.16. The third kappa shape index (κ3) is 3.74. The minimum atomic E-state index is -0.747. The van der Waals surface area contributed by atoms with Gasteiger partial charge in [0.25, 0.3) is 5.56 Å². The van der Waals surface area contributed by atoms with Crippen molar-refractivity contribution in [2.45, 2.75) is 32.2 Å². The largest absolute Gasteiger partial charge is 0.503 e. The van der Waals surface area contributed by atoms with Gasteiger partial charge in [0.05, 0.1) is 27.9 Å². The van der Waals surface area contributed by atoms with Crippen LogP contribution in [-0.4, -0.2) is 41.9 Å². The molecule has 8 nitrogen and oxygen atoms in total. The number of benzene rings is 1. The fraction of sp³-hybridized carbons (Fsp3) is 0.429. The van der Waals surface area contributed by atoms with E-state index in [0.717, 1.165) is 17.4 Å². The van der Waals surface area contributed by atoms with Gasteiger partial charge >= 0.3 is 0 Å². The van der Waals surface area contributed by atoms with Crippen molar-refractivity contribution < 1.29 is 29.2 Å². The molecule has 1 aromatic carbocycles. The van der Waals surface area contributed by atoms with E-state index in [1.807, 2.05) is 0 Å². The van der Waals surface area contributed by atoms with E-state index in [0.29, 0.717) is 29.9 Å². The standard InChI is InChI=1S/C21H25NO7/c1-27-14-9-8-13(15(10-14)28-2)11-22-20(25)16(17(23)12-6-4-5-7-12)18(24)19(29-3)21(22)26/h8-10,12,24-25H,4-7,11H2,1-3H3. The van der Waals surface area contributed by atoms with Crippen molar-refractivity contribution in [1.29, 1.82) is 0 Å². The zero-order valence-electron chi connectivity index (χ0n) is 16.7. The lowest BCUT2D eigenvalue weighted by Gasteiger charge is -2.18. The molecule has 3 rings (SSSR count). The Kier molecular flexibility index (Phi) is 6.00. The maximum Gasteiger partial charge on any atom is 0.299 e. The molecule has 29 heavy (non-hydrogen) atoms. The summed E-state index contributed by atoms with van der Waals surface area (Å²) < 4.78 is 16.6. The average Bonchev–Trinajstić information content (AvgIpc) is 3.26. The van der Waals surface area contributed by atoms with Gasteiger partial charge in [-0.05, 0) is 25.0 Å². The van der Waals surface area contributed by atoms with E-state index in [1.54, 1.807) is 18.2 Å². The lowest BCUT2D eigenvalue weighted by Crippen LogP contribution is -2.25. The van der Waals surface area contributed by atoms with Crippen LogP contribution < -0.4 is 19.8 Å². The predicted octanol–water partition coefficient (Wildman–Crippen LogP) is 2.71. The molecular weight excluding hydrogens is 378 g/mol. The zero-order valence-corrected chi connectivity index (χ0v) is 16.7. The summed E-state index contributed by atoms with van der Waals surface area (Å²) in [5.41, 5.74) is -0.443. The molecule has 2 aromatic rings. The van der Waals surface area contributed by atoms with E-state index in [1.165, 1.54) is 21.3 Å². The van der Waals surface area contributed by atoms with Crippen LogP contribution >= 0.6 is 0 Å². The number of methoxy groups -OCH3 is 3. The first-order valence-electron chi connectivity index (χ1n) is 9.40. The van der Waals surface area contributed by atoms with E-state index in [9.17, 15) is 19.8 Å². The van der Waals surface area contributed by atoms with Gasteiger partial charge in [-0.25, -0.2) is 0 Å². The van der Waals surface area contributed by atoms with E-state index in [2.05, 4.69) is 0 Å². The van der Waals surface area contributed by atoms with Crippen LogP contribution in [0.4, 0.5) is 0 Å². The molecule has 1 aliphatic rings. The molecule has 2 N–H and O–H groups in total. The van der Waals surface area contributed by atoms with Crippen LogP contribution in [0.3, 0.4) is 0 Å². The topological polar surface area (TPSA) is 107 Å². The first-order chi connectivity index (χ1) is 13.9. The molecule has 1 aromatic heterocycles. The Labute approximate surface area is 168 Å². The van der Waals surface area contributed by atoms with Gasteiger partial charge in [0, 0.05) is 17.5 Å². The molecule has 0 unspecified atom stereocenters. The first kappa shape index (κ1) is 20.6. The van der Waals surface area contributed by atoms with Crippen molar-refractivity contribution in [1.82, 2.24) is 4.57 Å². The van der Waals surface area contributed by atoms with Crippen molar-refractivity contribution >= 4 is 5.78 Å². The summed E-state index contributed by atoms with van der Waals surface area (Å²) in [6.45, 7) is -0.0839. The molecule has 0 aliphatic heterocycles. The highest BCUT2D eigenvalue weighted by atomic mass is 16.5. The smallest absolute Gasteiger partial charge is 0.299 e. The molecule has 1 saturated carbocycles. The highest BCUT2D eigenvalue weighted by Crippen LogP contribution is 2.38. The minimum absolute atomic E-state index is 0.0839. The SMILES string of the molecule is COc1ccc(Cn2c(O)c(C(=O)C3CCCC3)c(O)c(OC)c2=O)c(OC)c1. The molecule has 0 radical (unpaired) electrons.